The fourth-order valence-electron chi connectivity index (χ4n) is 2.91. The van der Waals surface area contributed by atoms with Gasteiger partial charge in [-0.2, -0.15) is 11.8 Å². The molecule has 4 nitrogen and oxygen atoms in total. The van der Waals surface area contributed by atoms with Crippen LogP contribution in [0.5, 0.6) is 0 Å². The lowest BCUT2D eigenvalue weighted by Crippen LogP contribution is -2.48. The summed E-state index contributed by atoms with van der Waals surface area (Å²) in [6.07, 6.45) is 0.379. The molecule has 0 saturated heterocycles. The molecule has 1 N–H and O–H groups in total. The molecule has 6 heteroatoms. The van der Waals surface area contributed by atoms with Crippen LogP contribution < -0.4 is 5.32 Å². The summed E-state index contributed by atoms with van der Waals surface area (Å²) in [7, 11) is 0. The van der Waals surface area contributed by atoms with Crippen LogP contribution in [0.2, 0.25) is 5.02 Å². The molecule has 30 heavy (non-hydrogen) atoms. The number of rotatable bonds is 11. The molecule has 0 unspecified atom stereocenters. The third-order valence-electron chi connectivity index (χ3n) is 4.72. The van der Waals surface area contributed by atoms with Crippen LogP contribution in [0.15, 0.2) is 54.6 Å². The second-order valence-corrected chi connectivity index (χ2v) is 9.23. The molecule has 0 bridgehead atoms. The monoisotopic (exact) mass is 446 g/mol. The summed E-state index contributed by atoms with van der Waals surface area (Å²) in [6, 6.07) is 17.1. The maximum Gasteiger partial charge on any atom is 0.242 e. The van der Waals surface area contributed by atoms with Crippen molar-refractivity contribution in [2.75, 3.05) is 12.3 Å². The first-order chi connectivity index (χ1) is 14.4. The molecule has 0 aliphatic carbocycles. The third kappa shape index (κ3) is 8.04. The number of amides is 2. The predicted octanol–water partition coefficient (Wildman–Crippen LogP) is 5.15. The molecule has 162 valence electrons. The number of thioether (sulfide) groups is 1. The molecule has 0 aliphatic rings. The molecule has 0 spiro atoms. The lowest BCUT2D eigenvalue weighted by atomic mass is 10.1. The summed E-state index contributed by atoms with van der Waals surface area (Å²) < 4.78 is 0. The highest BCUT2D eigenvalue weighted by atomic mass is 35.5. The maximum absolute atomic E-state index is 13.0. The van der Waals surface area contributed by atoms with Gasteiger partial charge in [0, 0.05) is 36.0 Å². The van der Waals surface area contributed by atoms with Crippen LogP contribution in [-0.2, 0) is 21.9 Å². The van der Waals surface area contributed by atoms with Crippen LogP contribution in [0.4, 0.5) is 0 Å². The first-order valence-corrected chi connectivity index (χ1v) is 11.8. The Hall–Kier alpha value is -1.98. The molecule has 2 aromatic carbocycles. The largest absolute Gasteiger partial charge is 0.354 e. The quantitative estimate of drug-likeness (QED) is 0.485. The number of carbonyl (C=O) groups excluding carboxylic acids is 2. The topological polar surface area (TPSA) is 49.4 Å². The number of benzene rings is 2. The van der Waals surface area contributed by atoms with E-state index in [-0.39, 0.29) is 11.8 Å². The fraction of sp³-hybridized carbons (Fsp3) is 0.417. The number of halogens is 1. The minimum Gasteiger partial charge on any atom is -0.354 e. The lowest BCUT2D eigenvalue weighted by Gasteiger charge is -2.29. The van der Waals surface area contributed by atoms with Crippen LogP contribution in [0.1, 0.15) is 38.3 Å². The Balaban J connectivity index is 2.00. The third-order valence-corrected chi connectivity index (χ3v) is 6.12. The van der Waals surface area contributed by atoms with Gasteiger partial charge in [0.1, 0.15) is 6.04 Å². The van der Waals surface area contributed by atoms with E-state index in [4.69, 9.17) is 11.6 Å². The zero-order chi connectivity index (χ0) is 21.9. The van der Waals surface area contributed by atoms with E-state index in [1.807, 2.05) is 50.2 Å². The lowest BCUT2D eigenvalue weighted by molar-refractivity contribution is -0.140. The Morgan fingerprint density at radius 3 is 2.37 bits per heavy atom. The van der Waals surface area contributed by atoms with Gasteiger partial charge >= 0.3 is 0 Å². The van der Waals surface area contributed by atoms with E-state index in [2.05, 4.69) is 17.4 Å². The molecule has 0 fully saturated rings. The number of nitrogens with one attached hydrogen (secondary N) is 1. The number of hydrogen-bond acceptors (Lipinski definition) is 3. The van der Waals surface area contributed by atoms with Gasteiger partial charge in [-0.05, 0) is 30.0 Å². The highest BCUT2D eigenvalue weighted by molar-refractivity contribution is 7.98. The van der Waals surface area contributed by atoms with Crippen molar-refractivity contribution in [2.45, 2.75) is 45.5 Å². The molecule has 0 heterocycles. The summed E-state index contributed by atoms with van der Waals surface area (Å²) >= 11 is 8.03. The standard InChI is InChI=1S/C24H31ClN2O2S/c1-18(2)15-26-24(29)19(3)27(16-21-11-7-8-12-22(21)25)23(28)13-14-30-17-20-9-5-4-6-10-20/h4-12,18-19H,13-17H2,1-3H3,(H,26,29)/t19-/m1/s1. The van der Waals surface area contributed by atoms with Gasteiger partial charge in [0.2, 0.25) is 11.8 Å². The summed E-state index contributed by atoms with van der Waals surface area (Å²) in [5.41, 5.74) is 2.08. The average Bonchev–Trinajstić information content (AvgIpc) is 2.74. The Kier molecular flexibility index (Phi) is 10.2. The van der Waals surface area contributed by atoms with Gasteiger partial charge in [-0.1, -0.05) is 74.0 Å². The van der Waals surface area contributed by atoms with Gasteiger partial charge in [-0.3, -0.25) is 9.59 Å². The minimum atomic E-state index is -0.563. The van der Waals surface area contributed by atoms with Crippen LogP contribution in [0.25, 0.3) is 0 Å². The van der Waals surface area contributed by atoms with E-state index in [1.165, 1.54) is 5.56 Å². The highest BCUT2D eigenvalue weighted by Crippen LogP contribution is 2.20. The van der Waals surface area contributed by atoms with Crippen molar-refractivity contribution in [3.05, 3.63) is 70.7 Å². The minimum absolute atomic E-state index is 0.0392. The van der Waals surface area contributed by atoms with E-state index < -0.39 is 6.04 Å². The van der Waals surface area contributed by atoms with Crippen molar-refractivity contribution in [3.63, 3.8) is 0 Å². The number of carbonyl (C=O) groups is 2. The van der Waals surface area contributed by atoms with Crippen molar-refractivity contribution >= 4 is 35.2 Å². The van der Waals surface area contributed by atoms with Gasteiger partial charge in [0.15, 0.2) is 0 Å². The highest BCUT2D eigenvalue weighted by Gasteiger charge is 2.26. The first kappa shape index (κ1) is 24.3. The molecule has 0 aliphatic heterocycles. The Bertz CT molecular complexity index is 814. The van der Waals surface area contributed by atoms with E-state index in [9.17, 15) is 9.59 Å². The van der Waals surface area contributed by atoms with Gasteiger partial charge < -0.3 is 10.2 Å². The zero-order valence-electron chi connectivity index (χ0n) is 17.9. The molecule has 0 aromatic heterocycles. The smallest absolute Gasteiger partial charge is 0.242 e. The van der Waals surface area contributed by atoms with Crippen LogP contribution in [-0.4, -0.2) is 35.1 Å². The summed E-state index contributed by atoms with van der Waals surface area (Å²) in [5.74, 6) is 1.74. The molecule has 2 aromatic rings. The Labute approximate surface area is 189 Å². The van der Waals surface area contributed by atoms with Crippen molar-refractivity contribution in [1.82, 2.24) is 10.2 Å². The van der Waals surface area contributed by atoms with Crippen LogP contribution >= 0.6 is 23.4 Å². The van der Waals surface area contributed by atoms with Crippen molar-refractivity contribution in [2.24, 2.45) is 5.92 Å². The van der Waals surface area contributed by atoms with Gasteiger partial charge in [-0.15, -0.1) is 0 Å². The molecule has 0 saturated carbocycles. The summed E-state index contributed by atoms with van der Waals surface area (Å²) in [6.45, 7) is 6.77. The second-order valence-electron chi connectivity index (χ2n) is 7.72. The van der Waals surface area contributed by atoms with Gasteiger partial charge in [0.25, 0.3) is 0 Å². The van der Waals surface area contributed by atoms with Crippen molar-refractivity contribution in [1.29, 1.82) is 0 Å². The maximum atomic E-state index is 13.0. The van der Waals surface area contributed by atoms with Crippen LogP contribution in [0, 0.1) is 5.92 Å². The Morgan fingerprint density at radius 2 is 1.70 bits per heavy atom. The van der Waals surface area contributed by atoms with Gasteiger partial charge in [-0.25, -0.2) is 0 Å². The van der Waals surface area contributed by atoms with E-state index in [0.29, 0.717) is 36.2 Å². The predicted molar refractivity (Wildman–Crippen MR) is 127 cm³/mol. The summed E-state index contributed by atoms with van der Waals surface area (Å²) in [4.78, 5) is 27.3. The van der Waals surface area contributed by atoms with Crippen molar-refractivity contribution < 1.29 is 9.59 Å². The zero-order valence-corrected chi connectivity index (χ0v) is 19.5. The average molecular weight is 447 g/mol. The normalized spacial score (nSPS) is 11.9. The molecule has 1 atom stereocenters. The molecule has 2 rings (SSSR count). The summed E-state index contributed by atoms with van der Waals surface area (Å²) in [5, 5.41) is 3.54. The fourth-order valence-corrected chi connectivity index (χ4v) is 4.00. The van der Waals surface area contributed by atoms with Crippen molar-refractivity contribution in [3.8, 4) is 0 Å². The van der Waals surface area contributed by atoms with E-state index in [0.717, 1.165) is 11.3 Å². The van der Waals surface area contributed by atoms with E-state index in [1.54, 1.807) is 29.7 Å². The van der Waals surface area contributed by atoms with E-state index >= 15 is 0 Å². The van der Waals surface area contributed by atoms with Crippen LogP contribution in [0.3, 0.4) is 0 Å². The first-order valence-electron chi connectivity index (χ1n) is 10.3. The number of nitrogens with zero attached hydrogens (tertiary/aromatic N) is 1. The second kappa shape index (κ2) is 12.7. The van der Waals surface area contributed by atoms with Gasteiger partial charge in [0.05, 0.1) is 0 Å². The molecular weight excluding hydrogens is 416 g/mol. The SMILES string of the molecule is CC(C)CNC(=O)[C@@H](C)N(Cc1ccccc1Cl)C(=O)CCSCc1ccccc1. The molecule has 0 radical (unpaired) electrons. The number of hydrogen-bond donors (Lipinski definition) is 1. The Morgan fingerprint density at radius 1 is 1.03 bits per heavy atom. The molecule has 2 amide bonds. The molecular formula is C24H31ClN2O2S.